The van der Waals surface area contributed by atoms with Gasteiger partial charge in [0.1, 0.15) is 23.2 Å². The molecule has 4 unspecified atom stereocenters. The average molecular weight is 422 g/mol. The van der Waals surface area contributed by atoms with E-state index >= 15 is 0 Å². The highest BCUT2D eigenvalue weighted by Crippen LogP contribution is 2.47. The highest BCUT2D eigenvalue weighted by atomic mass is 31.0. The molecular formula is C21H27O7P. The molecule has 2 aliphatic rings. The molecule has 0 radical (unpaired) electrons. The van der Waals surface area contributed by atoms with Crippen LogP contribution in [0, 0.1) is 12.8 Å². The largest absolute Gasteiger partial charge is 0.507 e. The molecule has 7 nitrogen and oxygen atoms in total. The van der Waals surface area contributed by atoms with E-state index in [1.54, 1.807) is 26.2 Å². The summed E-state index contributed by atoms with van der Waals surface area (Å²) < 4.78 is 29.6. The van der Waals surface area contributed by atoms with Crippen molar-refractivity contribution in [1.82, 2.24) is 0 Å². The minimum absolute atomic E-state index is 0.0529. The first-order valence-electron chi connectivity index (χ1n) is 9.89. The van der Waals surface area contributed by atoms with Gasteiger partial charge in [0, 0.05) is 28.1 Å². The molecule has 4 rings (SSSR count). The number of rotatable bonds is 4. The van der Waals surface area contributed by atoms with Gasteiger partial charge in [0.2, 0.25) is 6.29 Å². The van der Waals surface area contributed by atoms with Gasteiger partial charge in [0.05, 0.1) is 23.2 Å². The number of benzene rings is 1. The lowest BCUT2D eigenvalue weighted by Crippen LogP contribution is -2.62. The number of hydrogen-bond acceptors (Lipinski definition) is 7. The molecule has 1 spiro atoms. The predicted molar refractivity (Wildman–Crippen MR) is 110 cm³/mol. The SMILES string of the molecule is COC1[C@@H](C)C(OP)C(Oc2ccc3c(O)cc(=O)oc3c2C)OC12CCCC2. The topological polar surface area (TPSA) is 87.4 Å². The molecule has 0 bridgehead atoms. The highest BCUT2D eigenvalue weighted by molar-refractivity contribution is 7.09. The van der Waals surface area contributed by atoms with Crippen LogP contribution >= 0.6 is 9.47 Å². The number of fused-ring (bicyclic) bond motifs is 1. The summed E-state index contributed by atoms with van der Waals surface area (Å²) in [6.07, 6.45) is 2.92. The van der Waals surface area contributed by atoms with E-state index in [0.717, 1.165) is 31.7 Å². The molecule has 2 heterocycles. The Morgan fingerprint density at radius 3 is 2.66 bits per heavy atom. The maximum Gasteiger partial charge on any atom is 0.339 e. The van der Waals surface area contributed by atoms with Crippen LogP contribution in [0.5, 0.6) is 11.5 Å². The van der Waals surface area contributed by atoms with Crippen LogP contribution in [0.3, 0.4) is 0 Å². The molecule has 1 aromatic carbocycles. The van der Waals surface area contributed by atoms with E-state index in [9.17, 15) is 9.90 Å². The quantitative estimate of drug-likeness (QED) is 0.594. The van der Waals surface area contributed by atoms with Gasteiger partial charge >= 0.3 is 5.63 Å². The third-order valence-electron chi connectivity index (χ3n) is 6.33. The van der Waals surface area contributed by atoms with Gasteiger partial charge in [-0.15, -0.1) is 0 Å². The molecule has 2 aromatic rings. The van der Waals surface area contributed by atoms with E-state index in [2.05, 4.69) is 16.4 Å². The first kappa shape index (κ1) is 20.6. The van der Waals surface area contributed by atoms with Crippen LogP contribution in [0.2, 0.25) is 0 Å². The molecule has 2 fully saturated rings. The molecule has 8 heteroatoms. The van der Waals surface area contributed by atoms with Crippen molar-refractivity contribution < 1.29 is 28.3 Å². The fourth-order valence-corrected chi connectivity index (χ4v) is 5.30. The summed E-state index contributed by atoms with van der Waals surface area (Å²) in [5.74, 6) is 0.448. The third kappa shape index (κ3) is 3.44. The van der Waals surface area contributed by atoms with E-state index in [0.29, 0.717) is 22.3 Å². The Labute approximate surface area is 171 Å². The number of methoxy groups -OCH3 is 1. The van der Waals surface area contributed by atoms with Gasteiger partial charge < -0.3 is 28.3 Å². The van der Waals surface area contributed by atoms with Crippen LogP contribution < -0.4 is 10.4 Å². The number of ether oxygens (including phenoxy) is 3. The van der Waals surface area contributed by atoms with Gasteiger partial charge in [-0.3, -0.25) is 0 Å². The van der Waals surface area contributed by atoms with Crippen LogP contribution in [-0.2, 0) is 14.0 Å². The van der Waals surface area contributed by atoms with E-state index in [4.69, 9.17) is 23.2 Å². The van der Waals surface area contributed by atoms with Crippen LogP contribution in [0.4, 0.5) is 0 Å². The highest BCUT2D eigenvalue weighted by Gasteiger charge is 2.55. The zero-order valence-electron chi connectivity index (χ0n) is 16.8. The van der Waals surface area contributed by atoms with Crippen LogP contribution in [-0.4, -0.2) is 36.3 Å². The molecule has 158 valence electrons. The van der Waals surface area contributed by atoms with Gasteiger partial charge in [0.15, 0.2) is 0 Å². The van der Waals surface area contributed by atoms with Gasteiger partial charge in [0.25, 0.3) is 0 Å². The number of aryl methyl sites for hydroxylation is 1. The summed E-state index contributed by atoms with van der Waals surface area (Å²) in [5.41, 5.74) is -0.0980. The summed E-state index contributed by atoms with van der Waals surface area (Å²) in [5, 5.41) is 10.5. The van der Waals surface area contributed by atoms with Crippen molar-refractivity contribution in [2.45, 2.75) is 63.6 Å². The Hall–Kier alpha value is -1.66. The first-order chi connectivity index (χ1) is 13.9. The minimum Gasteiger partial charge on any atom is -0.507 e. The Morgan fingerprint density at radius 1 is 1.28 bits per heavy atom. The van der Waals surface area contributed by atoms with Crippen LogP contribution in [0.1, 0.15) is 38.2 Å². The van der Waals surface area contributed by atoms with Crippen molar-refractivity contribution in [2.75, 3.05) is 7.11 Å². The second-order valence-electron chi connectivity index (χ2n) is 8.01. The zero-order valence-corrected chi connectivity index (χ0v) is 18.0. The molecular weight excluding hydrogens is 395 g/mol. The normalized spacial score (nSPS) is 28.8. The number of aromatic hydroxyl groups is 1. The van der Waals surface area contributed by atoms with Gasteiger partial charge in [-0.2, -0.15) is 0 Å². The summed E-state index contributed by atoms with van der Waals surface area (Å²) >= 11 is 0. The second kappa shape index (κ2) is 7.88. The lowest BCUT2D eigenvalue weighted by molar-refractivity contribution is -0.293. The molecule has 1 saturated heterocycles. The molecule has 1 saturated carbocycles. The fraction of sp³-hybridized carbons (Fsp3) is 0.571. The van der Waals surface area contributed by atoms with Crippen molar-refractivity contribution in [3.8, 4) is 11.5 Å². The summed E-state index contributed by atoms with van der Waals surface area (Å²) in [6.45, 7) is 3.87. The van der Waals surface area contributed by atoms with E-state index in [1.165, 1.54) is 0 Å². The molecule has 5 atom stereocenters. The molecule has 1 aromatic heterocycles. The van der Waals surface area contributed by atoms with Crippen molar-refractivity contribution in [3.05, 3.63) is 34.2 Å². The molecule has 1 aliphatic heterocycles. The van der Waals surface area contributed by atoms with Crippen molar-refractivity contribution in [1.29, 1.82) is 0 Å². The van der Waals surface area contributed by atoms with E-state index < -0.39 is 17.5 Å². The molecule has 0 amide bonds. The molecule has 29 heavy (non-hydrogen) atoms. The van der Waals surface area contributed by atoms with E-state index in [1.807, 2.05) is 0 Å². The molecule has 1 aliphatic carbocycles. The summed E-state index contributed by atoms with van der Waals surface area (Å²) in [7, 11) is 4.02. The fourth-order valence-electron chi connectivity index (χ4n) is 4.93. The predicted octanol–water partition coefficient (Wildman–Crippen LogP) is 3.68. The summed E-state index contributed by atoms with van der Waals surface area (Å²) in [4.78, 5) is 11.7. The van der Waals surface area contributed by atoms with E-state index in [-0.39, 0.29) is 23.9 Å². The maximum atomic E-state index is 11.7. The smallest absolute Gasteiger partial charge is 0.339 e. The lowest BCUT2D eigenvalue weighted by atomic mass is 9.80. The summed E-state index contributed by atoms with van der Waals surface area (Å²) in [6, 6.07) is 4.47. The molecule has 1 N–H and O–H groups in total. The zero-order chi connectivity index (χ0) is 20.8. The standard InChI is InChI=1S/C21H27O7P/c1-11-15(7-6-13-14(22)10-16(23)26-17(11)13)25-20-18(28-29)12(2)19(24-3)21(27-20)8-4-5-9-21/h6-7,10,12,18-20,22H,4-5,8-9,29H2,1-3H3/t12-,18?,19?,20?/m0/s1. The minimum atomic E-state index is -0.646. The monoisotopic (exact) mass is 422 g/mol. The third-order valence-corrected chi connectivity index (χ3v) is 6.64. The van der Waals surface area contributed by atoms with Gasteiger partial charge in [-0.25, -0.2) is 4.79 Å². The second-order valence-corrected chi connectivity index (χ2v) is 8.28. The Bertz CT molecular complexity index is 950. The van der Waals surface area contributed by atoms with Gasteiger partial charge in [-0.05, 0) is 31.9 Å². The Balaban J connectivity index is 1.70. The van der Waals surface area contributed by atoms with Gasteiger partial charge in [-0.1, -0.05) is 19.8 Å². The van der Waals surface area contributed by atoms with Crippen molar-refractivity contribution >= 4 is 20.4 Å². The average Bonchev–Trinajstić information content (AvgIpc) is 3.13. The lowest BCUT2D eigenvalue weighted by Gasteiger charge is -2.50. The van der Waals surface area contributed by atoms with Crippen LogP contribution in [0.25, 0.3) is 11.0 Å². The van der Waals surface area contributed by atoms with Crippen molar-refractivity contribution in [2.24, 2.45) is 5.92 Å². The Kier molecular flexibility index (Phi) is 5.60. The van der Waals surface area contributed by atoms with Crippen molar-refractivity contribution in [3.63, 3.8) is 0 Å². The Morgan fingerprint density at radius 2 is 2.00 bits per heavy atom. The maximum absolute atomic E-state index is 11.7. The number of hydrogen-bond donors (Lipinski definition) is 1. The van der Waals surface area contributed by atoms with Crippen LogP contribution in [0.15, 0.2) is 27.4 Å². The first-order valence-corrected chi connectivity index (χ1v) is 10.4.